The van der Waals surface area contributed by atoms with Crippen LogP contribution in [-0.2, 0) is 0 Å². The highest BCUT2D eigenvalue weighted by molar-refractivity contribution is 9.10. The van der Waals surface area contributed by atoms with Gasteiger partial charge in [-0.15, -0.1) is 0 Å². The summed E-state index contributed by atoms with van der Waals surface area (Å²) in [5.41, 5.74) is 1.93. The minimum Gasteiger partial charge on any atom is -0.337 e. The second kappa shape index (κ2) is 5.49. The van der Waals surface area contributed by atoms with Crippen LogP contribution in [0.4, 0.5) is 0 Å². The van der Waals surface area contributed by atoms with E-state index < -0.39 is 0 Å². The van der Waals surface area contributed by atoms with Gasteiger partial charge < -0.3 is 4.90 Å². The van der Waals surface area contributed by atoms with Gasteiger partial charge in [-0.2, -0.15) is 0 Å². The van der Waals surface area contributed by atoms with Gasteiger partial charge in [0.2, 0.25) is 0 Å². The fraction of sp³-hybridized carbons (Fsp3) is 0.562. The van der Waals surface area contributed by atoms with E-state index in [0.29, 0.717) is 12.1 Å². The lowest BCUT2D eigenvalue weighted by molar-refractivity contribution is 0.0739. The number of likely N-dealkylation sites (tertiary alicyclic amines) is 1. The molecule has 0 radical (unpaired) electrons. The Labute approximate surface area is 129 Å². The third kappa shape index (κ3) is 2.51. The first-order valence-corrected chi connectivity index (χ1v) is 8.13. The first-order valence-electron chi connectivity index (χ1n) is 7.33. The number of carbonyl (C=O) groups is 1. The van der Waals surface area contributed by atoms with Crippen molar-refractivity contribution in [1.29, 1.82) is 0 Å². The van der Waals surface area contributed by atoms with Crippen molar-refractivity contribution >= 4 is 21.8 Å². The summed E-state index contributed by atoms with van der Waals surface area (Å²) in [7, 11) is 2.21. The fourth-order valence-corrected chi connectivity index (χ4v) is 3.88. The van der Waals surface area contributed by atoms with Crippen molar-refractivity contribution in [3.05, 3.63) is 33.8 Å². The maximum atomic E-state index is 12.8. The van der Waals surface area contributed by atoms with Crippen LogP contribution in [0.5, 0.6) is 0 Å². The maximum Gasteiger partial charge on any atom is 0.255 e. The first-order chi connectivity index (χ1) is 9.56. The standard InChI is InChI=1S/C16H21BrN2O/c1-11-3-6-15(17)14(9-11)16(20)19-8-7-12-4-5-13(10-19)18(12)2/h3,6,9,12-13H,4-5,7-8,10H2,1-2H3. The monoisotopic (exact) mass is 336 g/mol. The summed E-state index contributed by atoms with van der Waals surface area (Å²) in [6, 6.07) is 7.19. The Morgan fingerprint density at radius 1 is 1.25 bits per heavy atom. The molecule has 1 aromatic rings. The second-order valence-corrected chi connectivity index (χ2v) is 6.93. The van der Waals surface area contributed by atoms with Gasteiger partial charge in [-0.3, -0.25) is 9.69 Å². The summed E-state index contributed by atoms with van der Waals surface area (Å²) in [5.74, 6) is 0.168. The van der Waals surface area contributed by atoms with Gasteiger partial charge in [0.15, 0.2) is 0 Å². The van der Waals surface area contributed by atoms with Crippen LogP contribution in [0.25, 0.3) is 0 Å². The van der Waals surface area contributed by atoms with Crippen LogP contribution in [0.1, 0.15) is 35.2 Å². The zero-order valence-corrected chi connectivity index (χ0v) is 13.7. The number of benzene rings is 1. The minimum atomic E-state index is 0.168. The van der Waals surface area contributed by atoms with Gasteiger partial charge in [0.25, 0.3) is 5.91 Å². The van der Waals surface area contributed by atoms with Crippen LogP contribution in [0, 0.1) is 6.92 Å². The molecule has 20 heavy (non-hydrogen) atoms. The van der Waals surface area contributed by atoms with Gasteiger partial charge in [-0.25, -0.2) is 0 Å². The lowest BCUT2D eigenvalue weighted by Crippen LogP contribution is -2.39. The van der Waals surface area contributed by atoms with Crippen molar-refractivity contribution in [1.82, 2.24) is 9.80 Å². The number of nitrogens with zero attached hydrogens (tertiary/aromatic N) is 2. The highest BCUT2D eigenvalue weighted by atomic mass is 79.9. The number of fused-ring (bicyclic) bond motifs is 2. The Bertz CT molecular complexity index is 531. The van der Waals surface area contributed by atoms with E-state index in [9.17, 15) is 4.79 Å². The molecular formula is C16H21BrN2O. The molecule has 3 rings (SSSR count). The zero-order chi connectivity index (χ0) is 14.3. The summed E-state index contributed by atoms with van der Waals surface area (Å²) >= 11 is 3.51. The third-order valence-electron chi connectivity index (χ3n) is 4.79. The molecule has 3 nitrogen and oxygen atoms in total. The highest BCUT2D eigenvalue weighted by Gasteiger charge is 2.36. The molecule has 1 aromatic carbocycles. The molecule has 1 amide bonds. The maximum absolute atomic E-state index is 12.8. The van der Waals surface area contributed by atoms with Crippen LogP contribution in [-0.4, -0.2) is 47.9 Å². The van der Waals surface area contributed by atoms with E-state index in [2.05, 4.69) is 27.9 Å². The number of likely N-dealkylation sites (N-methyl/N-ethyl adjacent to an activating group) is 1. The van der Waals surface area contributed by atoms with Crippen molar-refractivity contribution in [3.63, 3.8) is 0 Å². The van der Waals surface area contributed by atoms with Gasteiger partial charge in [-0.1, -0.05) is 11.6 Å². The molecule has 2 unspecified atom stereocenters. The van der Waals surface area contributed by atoms with E-state index in [1.165, 1.54) is 12.8 Å². The van der Waals surface area contributed by atoms with E-state index in [1.807, 2.05) is 30.0 Å². The number of hydrogen-bond donors (Lipinski definition) is 0. The molecule has 2 aliphatic heterocycles. The highest BCUT2D eigenvalue weighted by Crippen LogP contribution is 2.30. The lowest BCUT2D eigenvalue weighted by atomic mass is 10.1. The quantitative estimate of drug-likeness (QED) is 0.786. The zero-order valence-electron chi connectivity index (χ0n) is 12.1. The summed E-state index contributed by atoms with van der Waals surface area (Å²) in [5, 5.41) is 0. The Morgan fingerprint density at radius 2 is 2.00 bits per heavy atom. The largest absolute Gasteiger partial charge is 0.337 e. The number of carbonyl (C=O) groups excluding carboxylic acids is 1. The molecule has 0 N–H and O–H groups in total. The number of hydrogen-bond acceptors (Lipinski definition) is 2. The van der Waals surface area contributed by atoms with Crippen LogP contribution in [0.2, 0.25) is 0 Å². The van der Waals surface area contributed by atoms with Gasteiger partial charge in [0.05, 0.1) is 5.56 Å². The molecule has 0 saturated carbocycles. The van der Waals surface area contributed by atoms with Gasteiger partial charge in [0.1, 0.15) is 0 Å². The summed E-state index contributed by atoms with van der Waals surface area (Å²) in [6.07, 6.45) is 3.61. The lowest BCUT2D eigenvalue weighted by Gasteiger charge is -2.26. The Morgan fingerprint density at radius 3 is 2.80 bits per heavy atom. The van der Waals surface area contributed by atoms with Crippen molar-refractivity contribution < 1.29 is 4.79 Å². The molecule has 2 aliphatic rings. The first kappa shape index (κ1) is 14.1. The van der Waals surface area contributed by atoms with Crippen LogP contribution < -0.4 is 0 Å². The topological polar surface area (TPSA) is 23.6 Å². The van der Waals surface area contributed by atoms with Crippen molar-refractivity contribution in [2.24, 2.45) is 0 Å². The number of amides is 1. The number of rotatable bonds is 1. The van der Waals surface area contributed by atoms with Crippen LogP contribution in [0.15, 0.2) is 22.7 Å². The predicted octanol–water partition coefficient (Wildman–Crippen LogP) is 3.07. The van der Waals surface area contributed by atoms with E-state index in [4.69, 9.17) is 0 Å². The Balaban J connectivity index is 1.82. The minimum absolute atomic E-state index is 0.168. The average Bonchev–Trinajstić information content (AvgIpc) is 2.65. The SMILES string of the molecule is Cc1ccc(Br)c(C(=O)N2CCC3CCC(C2)N3C)c1. The van der Waals surface area contributed by atoms with Gasteiger partial charge in [0, 0.05) is 29.6 Å². The number of aryl methyl sites for hydroxylation is 1. The Hall–Kier alpha value is -0.870. The molecule has 2 saturated heterocycles. The molecular weight excluding hydrogens is 316 g/mol. The molecule has 2 fully saturated rings. The van der Waals surface area contributed by atoms with Gasteiger partial charge >= 0.3 is 0 Å². The van der Waals surface area contributed by atoms with Gasteiger partial charge in [-0.05, 0) is 61.3 Å². The Kier molecular flexibility index (Phi) is 3.87. The molecule has 108 valence electrons. The van der Waals surface area contributed by atoms with Crippen molar-refractivity contribution in [2.45, 2.75) is 38.3 Å². The third-order valence-corrected chi connectivity index (χ3v) is 5.48. The molecule has 2 heterocycles. The smallest absolute Gasteiger partial charge is 0.255 e. The normalized spacial score (nSPS) is 26.6. The van der Waals surface area contributed by atoms with E-state index >= 15 is 0 Å². The molecule has 0 aliphatic carbocycles. The molecule has 4 heteroatoms. The van der Waals surface area contributed by atoms with E-state index in [-0.39, 0.29) is 5.91 Å². The van der Waals surface area contributed by atoms with Crippen molar-refractivity contribution in [2.75, 3.05) is 20.1 Å². The van der Waals surface area contributed by atoms with Crippen LogP contribution in [0.3, 0.4) is 0 Å². The predicted molar refractivity (Wildman–Crippen MR) is 84.0 cm³/mol. The second-order valence-electron chi connectivity index (χ2n) is 6.07. The average molecular weight is 337 g/mol. The number of halogens is 1. The summed E-state index contributed by atoms with van der Waals surface area (Å²) < 4.78 is 0.899. The molecule has 0 aromatic heterocycles. The van der Waals surface area contributed by atoms with E-state index in [0.717, 1.165) is 35.1 Å². The van der Waals surface area contributed by atoms with Crippen molar-refractivity contribution in [3.8, 4) is 0 Å². The summed E-state index contributed by atoms with van der Waals surface area (Å²) in [6.45, 7) is 3.78. The van der Waals surface area contributed by atoms with E-state index in [1.54, 1.807) is 0 Å². The fourth-order valence-electron chi connectivity index (χ4n) is 3.47. The summed E-state index contributed by atoms with van der Waals surface area (Å²) in [4.78, 5) is 17.3. The molecule has 2 atom stereocenters. The van der Waals surface area contributed by atoms with Crippen LogP contribution >= 0.6 is 15.9 Å². The molecule has 2 bridgehead atoms. The molecule has 0 spiro atoms.